The number of hydrogen-bond acceptors (Lipinski definition) is 7. The van der Waals surface area contributed by atoms with Gasteiger partial charge in [-0.2, -0.15) is 5.01 Å². The molecule has 0 aliphatic carbocycles. The van der Waals surface area contributed by atoms with Crippen LogP contribution in [0.5, 0.6) is 11.5 Å². The number of amides is 3. The summed E-state index contributed by atoms with van der Waals surface area (Å²) < 4.78 is 11.2. The van der Waals surface area contributed by atoms with Crippen LogP contribution in [0.1, 0.15) is 29.8 Å². The number of rotatable bonds is 9. The predicted octanol–water partition coefficient (Wildman–Crippen LogP) is 4.14. The van der Waals surface area contributed by atoms with E-state index in [4.69, 9.17) is 33.3 Å². The average Bonchev–Trinajstić information content (AvgIpc) is 3.11. The monoisotopic (exact) mass is 533 g/mol. The van der Waals surface area contributed by atoms with Crippen LogP contribution in [0.25, 0.3) is 6.08 Å². The van der Waals surface area contributed by atoms with Crippen LogP contribution in [0, 0.1) is 0 Å². The molecule has 0 bridgehead atoms. The number of carbonyl (C=O) groups excluding carboxylic acids is 3. The molecule has 1 aliphatic heterocycles. The maximum Gasteiger partial charge on any atom is 0.285 e. The number of thiocarbonyl (C=S) groups is 1. The number of nitrogens with zero attached hydrogens (tertiary/aromatic N) is 2. The molecule has 11 heteroatoms. The molecule has 0 saturated carbocycles. The largest absolute Gasteiger partial charge is 0.493 e. The van der Waals surface area contributed by atoms with Crippen molar-refractivity contribution in [3.05, 3.63) is 63.5 Å². The smallest absolute Gasteiger partial charge is 0.285 e. The number of hydrazine groups is 1. The number of nitrogens with one attached hydrogen (secondary N) is 1. The van der Waals surface area contributed by atoms with Crippen LogP contribution >= 0.6 is 35.6 Å². The van der Waals surface area contributed by atoms with Crippen molar-refractivity contribution in [3.8, 4) is 11.5 Å². The summed E-state index contributed by atoms with van der Waals surface area (Å²) in [6.07, 6.45) is 1.63. The van der Waals surface area contributed by atoms with Gasteiger partial charge in [0.1, 0.15) is 0 Å². The van der Waals surface area contributed by atoms with Crippen LogP contribution < -0.4 is 14.9 Å². The van der Waals surface area contributed by atoms with E-state index in [1.54, 1.807) is 53.4 Å². The van der Waals surface area contributed by atoms with Gasteiger partial charge in [0.15, 0.2) is 22.4 Å². The number of carbonyl (C=O) groups is 3. The van der Waals surface area contributed by atoms with Crippen molar-refractivity contribution in [1.82, 2.24) is 15.3 Å². The molecule has 35 heavy (non-hydrogen) atoms. The van der Waals surface area contributed by atoms with Crippen LogP contribution in [0.15, 0.2) is 47.4 Å². The van der Waals surface area contributed by atoms with Gasteiger partial charge in [-0.15, -0.1) is 0 Å². The van der Waals surface area contributed by atoms with Gasteiger partial charge in [0, 0.05) is 13.1 Å². The fourth-order valence-corrected chi connectivity index (χ4v) is 4.62. The molecule has 1 fully saturated rings. The maximum atomic E-state index is 12.9. The third-order valence-corrected chi connectivity index (χ3v) is 6.71. The van der Waals surface area contributed by atoms with Gasteiger partial charge < -0.3 is 14.4 Å². The molecular weight excluding hydrogens is 510 g/mol. The van der Waals surface area contributed by atoms with Gasteiger partial charge >= 0.3 is 0 Å². The molecule has 0 spiro atoms. The fraction of sp³-hybridized carbons (Fsp3) is 0.250. The van der Waals surface area contributed by atoms with Crippen molar-refractivity contribution in [1.29, 1.82) is 0 Å². The Morgan fingerprint density at radius 3 is 2.54 bits per heavy atom. The van der Waals surface area contributed by atoms with E-state index in [-0.39, 0.29) is 27.4 Å². The number of ether oxygens (including phenoxy) is 2. The topological polar surface area (TPSA) is 88.2 Å². The van der Waals surface area contributed by atoms with E-state index in [0.29, 0.717) is 35.1 Å². The molecular formula is C24H24ClN3O5S2. The van der Waals surface area contributed by atoms with E-state index in [1.807, 2.05) is 13.8 Å². The van der Waals surface area contributed by atoms with E-state index in [1.165, 1.54) is 7.11 Å². The van der Waals surface area contributed by atoms with Gasteiger partial charge in [0.05, 0.1) is 22.6 Å². The third kappa shape index (κ3) is 6.33. The molecule has 0 radical (unpaired) electrons. The summed E-state index contributed by atoms with van der Waals surface area (Å²) in [5.74, 6) is -0.318. The summed E-state index contributed by atoms with van der Waals surface area (Å²) in [5.41, 5.74) is 3.39. The molecule has 0 aromatic heterocycles. The minimum Gasteiger partial charge on any atom is -0.493 e. The van der Waals surface area contributed by atoms with Crippen LogP contribution in [-0.2, 0) is 9.59 Å². The minimum atomic E-state index is -0.546. The van der Waals surface area contributed by atoms with E-state index < -0.39 is 11.8 Å². The zero-order chi connectivity index (χ0) is 25.5. The summed E-state index contributed by atoms with van der Waals surface area (Å²) in [5, 5.41) is 1.28. The maximum absolute atomic E-state index is 12.9. The zero-order valence-electron chi connectivity index (χ0n) is 19.4. The highest BCUT2D eigenvalue weighted by atomic mass is 35.5. The molecule has 3 amide bonds. The molecule has 1 saturated heterocycles. The number of likely N-dealkylation sites (N-methyl/N-ethyl adjacent to an activating group) is 1. The standard InChI is InChI=1S/C24H24ClN3O5S2/c1-4-27(5-2)21(29)14-33-18-11-10-15(12-19(18)32-3)13-20-23(31)28(24(34)35-20)26-22(30)16-8-6-7-9-17(16)25/h6-13H,4-5,14H2,1-3H3,(H,26,30)/b20-13+. The van der Waals surface area contributed by atoms with Crippen molar-refractivity contribution in [2.45, 2.75) is 13.8 Å². The van der Waals surface area contributed by atoms with E-state index in [0.717, 1.165) is 16.8 Å². The van der Waals surface area contributed by atoms with Gasteiger partial charge in [0.25, 0.3) is 17.7 Å². The Kier molecular flexibility index (Phi) is 9.13. The lowest BCUT2D eigenvalue weighted by molar-refractivity contribution is -0.133. The molecule has 1 heterocycles. The molecule has 2 aromatic rings. The van der Waals surface area contributed by atoms with Crippen LogP contribution in [0.3, 0.4) is 0 Å². The van der Waals surface area contributed by atoms with Gasteiger partial charge in [-0.25, -0.2) is 0 Å². The van der Waals surface area contributed by atoms with Gasteiger partial charge in [-0.3, -0.25) is 19.8 Å². The van der Waals surface area contributed by atoms with Crippen LogP contribution in [-0.4, -0.2) is 58.8 Å². The summed E-state index contributed by atoms with van der Waals surface area (Å²) in [6, 6.07) is 11.6. The molecule has 2 aromatic carbocycles. The highest BCUT2D eigenvalue weighted by Crippen LogP contribution is 2.34. The zero-order valence-corrected chi connectivity index (χ0v) is 21.8. The lowest BCUT2D eigenvalue weighted by atomic mass is 10.2. The van der Waals surface area contributed by atoms with Crippen molar-refractivity contribution in [2.75, 3.05) is 26.8 Å². The Hall–Kier alpha value is -3.08. The highest BCUT2D eigenvalue weighted by Gasteiger charge is 2.34. The first-order valence-electron chi connectivity index (χ1n) is 10.7. The predicted molar refractivity (Wildman–Crippen MR) is 140 cm³/mol. The minimum absolute atomic E-state index is 0.110. The van der Waals surface area contributed by atoms with Gasteiger partial charge in [0.2, 0.25) is 0 Å². The van der Waals surface area contributed by atoms with E-state index in [9.17, 15) is 14.4 Å². The lowest BCUT2D eigenvalue weighted by Gasteiger charge is -2.19. The second-order valence-electron chi connectivity index (χ2n) is 7.20. The number of halogens is 1. The lowest BCUT2D eigenvalue weighted by Crippen LogP contribution is -2.44. The molecule has 1 N–H and O–H groups in total. The second kappa shape index (κ2) is 12.1. The number of hydrogen-bond donors (Lipinski definition) is 1. The Morgan fingerprint density at radius 2 is 1.89 bits per heavy atom. The molecule has 0 unspecified atom stereocenters. The van der Waals surface area contributed by atoms with E-state index >= 15 is 0 Å². The molecule has 0 atom stereocenters. The van der Waals surface area contributed by atoms with Crippen molar-refractivity contribution in [2.24, 2.45) is 0 Å². The molecule has 3 rings (SSSR count). The first kappa shape index (κ1) is 26.5. The number of methoxy groups -OCH3 is 1. The Bertz CT molecular complexity index is 1180. The summed E-state index contributed by atoms with van der Waals surface area (Å²) in [7, 11) is 1.49. The van der Waals surface area contributed by atoms with Crippen molar-refractivity contribution in [3.63, 3.8) is 0 Å². The average molecular weight is 534 g/mol. The van der Waals surface area contributed by atoms with Gasteiger partial charge in [-0.1, -0.05) is 41.6 Å². The van der Waals surface area contributed by atoms with Crippen LogP contribution in [0.2, 0.25) is 5.02 Å². The molecule has 184 valence electrons. The quantitative estimate of drug-likeness (QED) is 0.383. The third-order valence-electron chi connectivity index (χ3n) is 5.08. The second-order valence-corrected chi connectivity index (χ2v) is 9.29. The fourth-order valence-electron chi connectivity index (χ4n) is 3.22. The first-order valence-corrected chi connectivity index (χ1v) is 12.3. The van der Waals surface area contributed by atoms with Crippen molar-refractivity contribution < 1.29 is 23.9 Å². The Labute approximate surface area is 218 Å². The van der Waals surface area contributed by atoms with Gasteiger partial charge in [-0.05, 0) is 62.0 Å². The Balaban J connectivity index is 1.72. The van der Waals surface area contributed by atoms with Crippen LogP contribution in [0.4, 0.5) is 0 Å². The summed E-state index contributed by atoms with van der Waals surface area (Å²) in [6.45, 7) is 4.90. The first-order chi connectivity index (χ1) is 16.8. The number of benzene rings is 2. The molecule has 1 aliphatic rings. The SMILES string of the molecule is CCN(CC)C(=O)COc1ccc(/C=C2/SC(=S)N(NC(=O)c3ccccc3Cl)C2=O)cc1OC. The Morgan fingerprint density at radius 1 is 1.17 bits per heavy atom. The normalized spacial score (nSPS) is 14.3. The van der Waals surface area contributed by atoms with E-state index in [2.05, 4.69) is 5.43 Å². The number of thioether (sulfide) groups is 1. The summed E-state index contributed by atoms with van der Waals surface area (Å²) >= 11 is 12.4. The highest BCUT2D eigenvalue weighted by molar-refractivity contribution is 8.26. The molecule has 8 nitrogen and oxygen atoms in total. The summed E-state index contributed by atoms with van der Waals surface area (Å²) in [4.78, 5) is 39.7. The van der Waals surface area contributed by atoms with Crippen molar-refractivity contribution >= 4 is 63.7 Å².